The summed E-state index contributed by atoms with van der Waals surface area (Å²) in [6, 6.07) is 13.2. The van der Waals surface area contributed by atoms with Crippen LogP contribution in [-0.2, 0) is 6.42 Å². The molecule has 2 amide bonds. The molecule has 0 aliphatic heterocycles. The van der Waals surface area contributed by atoms with Gasteiger partial charge in [0.2, 0.25) is 0 Å². The van der Waals surface area contributed by atoms with Crippen molar-refractivity contribution < 1.29 is 14.3 Å². The molecule has 0 atom stereocenters. The molecule has 2 N–H and O–H groups in total. The second-order valence-electron chi connectivity index (χ2n) is 5.22. The highest BCUT2D eigenvalue weighted by Gasteiger charge is 2.05. The second-order valence-corrected chi connectivity index (χ2v) is 5.22. The normalized spacial score (nSPS) is 10.0. The highest BCUT2D eigenvalue weighted by atomic mass is 16.5. The zero-order chi connectivity index (χ0) is 16.7. The maximum absolute atomic E-state index is 12.0. The van der Waals surface area contributed by atoms with Gasteiger partial charge in [0.25, 0.3) is 0 Å². The predicted octanol–water partition coefficient (Wildman–Crippen LogP) is 3.38. The molecule has 0 fully saturated rings. The van der Waals surface area contributed by atoms with Gasteiger partial charge in [0.05, 0.1) is 14.2 Å². The Morgan fingerprint density at radius 2 is 1.61 bits per heavy atom. The molecule has 2 aromatic carbocycles. The first-order chi connectivity index (χ1) is 11.1. The topological polar surface area (TPSA) is 59.6 Å². The van der Waals surface area contributed by atoms with Crippen molar-refractivity contribution in [2.45, 2.75) is 13.3 Å². The molecule has 5 nitrogen and oxygen atoms in total. The minimum atomic E-state index is -0.257. The quantitative estimate of drug-likeness (QED) is 0.859. The van der Waals surface area contributed by atoms with Crippen molar-refractivity contribution in [3.63, 3.8) is 0 Å². The van der Waals surface area contributed by atoms with Gasteiger partial charge in [-0.3, -0.25) is 0 Å². The zero-order valence-corrected chi connectivity index (χ0v) is 13.7. The molecule has 0 aliphatic rings. The number of nitrogens with one attached hydrogen (secondary N) is 2. The lowest BCUT2D eigenvalue weighted by molar-refractivity contribution is 0.252. The largest absolute Gasteiger partial charge is 0.497 e. The summed E-state index contributed by atoms with van der Waals surface area (Å²) < 4.78 is 10.4. The highest BCUT2D eigenvalue weighted by molar-refractivity contribution is 5.89. The predicted molar refractivity (Wildman–Crippen MR) is 91.5 cm³/mol. The number of methoxy groups -OCH3 is 2. The van der Waals surface area contributed by atoms with E-state index in [0.29, 0.717) is 23.7 Å². The molecule has 2 rings (SSSR count). The number of anilines is 1. The minimum Gasteiger partial charge on any atom is -0.497 e. The van der Waals surface area contributed by atoms with Crippen molar-refractivity contribution in [1.29, 1.82) is 0 Å². The maximum atomic E-state index is 12.0. The molecule has 0 unspecified atom stereocenters. The van der Waals surface area contributed by atoms with E-state index in [1.54, 1.807) is 32.4 Å². The monoisotopic (exact) mass is 314 g/mol. The minimum absolute atomic E-state index is 0.257. The second kappa shape index (κ2) is 8.08. The maximum Gasteiger partial charge on any atom is 0.319 e. The molecule has 0 aromatic heterocycles. The summed E-state index contributed by atoms with van der Waals surface area (Å²) in [7, 11) is 3.14. The van der Waals surface area contributed by atoms with Crippen molar-refractivity contribution in [2.24, 2.45) is 0 Å². The van der Waals surface area contributed by atoms with Gasteiger partial charge in [0.1, 0.15) is 11.5 Å². The number of rotatable bonds is 6. The Morgan fingerprint density at radius 1 is 1.00 bits per heavy atom. The summed E-state index contributed by atoms with van der Waals surface area (Å²) in [5, 5.41) is 5.61. The van der Waals surface area contributed by atoms with E-state index in [1.165, 1.54) is 11.1 Å². The van der Waals surface area contributed by atoms with Gasteiger partial charge in [-0.1, -0.05) is 29.8 Å². The first kappa shape index (κ1) is 16.7. The Labute approximate surface area is 136 Å². The molecular weight excluding hydrogens is 292 g/mol. The van der Waals surface area contributed by atoms with Gasteiger partial charge >= 0.3 is 6.03 Å². The van der Waals surface area contributed by atoms with Crippen LogP contribution in [0.4, 0.5) is 10.5 Å². The van der Waals surface area contributed by atoms with Crippen molar-refractivity contribution in [3.8, 4) is 11.5 Å². The van der Waals surface area contributed by atoms with Crippen LogP contribution in [0.5, 0.6) is 11.5 Å². The van der Waals surface area contributed by atoms with E-state index in [1.807, 2.05) is 0 Å². The lowest BCUT2D eigenvalue weighted by Gasteiger charge is -2.11. The van der Waals surface area contributed by atoms with E-state index in [0.717, 1.165) is 6.42 Å². The van der Waals surface area contributed by atoms with Crippen molar-refractivity contribution in [3.05, 3.63) is 53.6 Å². The average Bonchev–Trinajstić information content (AvgIpc) is 2.56. The molecule has 0 saturated carbocycles. The summed E-state index contributed by atoms with van der Waals surface area (Å²) in [4.78, 5) is 12.0. The number of amides is 2. The number of hydrogen-bond acceptors (Lipinski definition) is 3. The SMILES string of the molecule is COc1cc(NC(=O)NCCc2ccc(C)cc2)cc(OC)c1. The fourth-order valence-electron chi connectivity index (χ4n) is 2.13. The van der Waals surface area contributed by atoms with E-state index >= 15 is 0 Å². The van der Waals surface area contributed by atoms with Crippen LogP contribution in [0.3, 0.4) is 0 Å². The number of hydrogen-bond donors (Lipinski definition) is 2. The van der Waals surface area contributed by atoms with E-state index in [4.69, 9.17) is 9.47 Å². The fourth-order valence-corrected chi connectivity index (χ4v) is 2.13. The molecular formula is C18H22N2O3. The van der Waals surface area contributed by atoms with Crippen molar-refractivity contribution in [2.75, 3.05) is 26.1 Å². The molecule has 122 valence electrons. The van der Waals surface area contributed by atoms with Crippen LogP contribution >= 0.6 is 0 Å². The van der Waals surface area contributed by atoms with Gasteiger partial charge in [-0.2, -0.15) is 0 Å². The third-order valence-electron chi connectivity index (χ3n) is 3.43. The van der Waals surface area contributed by atoms with Gasteiger partial charge in [0.15, 0.2) is 0 Å². The number of carbonyl (C=O) groups excluding carboxylic acids is 1. The lowest BCUT2D eigenvalue weighted by atomic mass is 10.1. The third kappa shape index (κ3) is 5.21. The van der Waals surface area contributed by atoms with Gasteiger partial charge < -0.3 is 20.1 Å². The van der Waals surface area contributed by atoms with Crippen LogP contribution in [0.25, 0.3) is 0 Å². The molecule has 5 heteroatoms. The van der Waals surface area contributed by atoms with Crippen LogP contribution in [0.2, 0.25) is 0 Å². The zero-order valence-electron chi connectivity index (χ0n) is 13.7. The van der Waals surface area contributed by atoms with E-state index in [2.05, 4.69) is 41.8 Å². The molecule has 0 saturated heterocycles. The van der Waals surface area contributed by atoms with Crippen LogP contribution in [0.15, 0.2) is 42.5 Å². The molecule has 0 bridgehead atoms. The number of carbonyl (C=O) groups is 1. The van der Waals surface area contributed by atoms with E-state index < -0.39 is 0 Å². The molecule has 0 spiro atoms. The Balaban J connectivity index is 1.85. The van der Waals surface area contributed by atoms with Crippen molar-refractivity contribution >= 4 is 11.7 Å². The number of benzene rings is 2. The van der Waals surface area contributed by atoms with Gasteiger partial charge in [-0.15, -0.1) is 0 Å². The highest BCUT2D eigenvalue weighted by Crippen LogP contribution is 2.25. The summed E-state index contributed by atoms with van der Waals surface area (Å²) in [6.45, 7) is 2.62. The summed E-state index contributed by atoms with van der Waals surface area (Å²) >= 11 is 0. The fraction of sp³-hybridized carbons (Fsp3) is 0.278. The number of urea groups is 1. The van der Waals surface area contributed by atoms with Gasteiger partial charge in [0, 0.05) is 30.4 Å². The average molecular weight is 314 g/mol. The lowest BCUT2D eigenvalue weighted by Crippen LogP contribution is -2.30. The standard InChI is InChI=1S/C18H22N2O3/c1-13-4-6-14(7-5-13)8-9-19-18(21)20-15-10-16(22-2)12-17(11-15)23-3/h4-7,10-12H,8-9H2,1-3H3,(H2,19,20,21). The van der Waals surface area contributed by atoms with E-state index in [9.17, 15) is 4.79 Å². The summed E-state index contributed by atoms with van der Waals surface area (Å²) in [5.41, 5.74) is 3.04. The smallest absolute Gasteiger partial charge is 0.319 e. The first-order valence-corrected chi connectivity index (χ1v) is 7.44. The molecule has 23 heavy (non-hydrogen) atoms. The third-order valence-corrected chi connectivity index (χ3v) is 3.43. The molecule has 0 heterocycles. The van der Waals surface area contributed by atoms with Crippen LogP contribution in [0, 0.1) is 6.92 Å². The Bertz CT molecular complexity index is 632. The van der Waals surface area contributed by atoms with Crippen molar-refractivity contribution in [1.82, 2.24) is 5.32 Å². The van der Waals surface area contributed by atoms with Crippen LogP contribution < -0.4 is 20.1 Å². The number of ether oxygens (including phenoxy) is 2. The van der Waals surface area contributed by atoms with E-state index in [-0.39, 0.29) is 6.03 Å². The molecule has 0 aliphatic carbocycles. The molecule has 2 aromatic rings. The Kier molecular flexibility index (Phi) is 5.86. The van der Waals surface area contributed by atoms with Gasteiger partial charge in [-0.25, -0.2) is 4.79 Å². The van der Waals surface area contributed by atoms with Gasteiger partial charge in [-0.05, 0) is 18.9 Å². The Hall–Kier alpha value is -2.69. The summed E-state index contributed by atoms with van der Waals surface area (Å²) in [6.07, 6.45) is 0.787. The summed E-state index contributed by atoms with van der Waals surface area (Å²) in [5.74, 6) is 1.25. The number of aryl methyl sites for hydroxylation is 1. The van der Waals surface area contributed by atoms with Crippen LogP contribution in [-0.4, -0.2) is 26.8 Å². The molecule has 0 radical (unpaired) electrons. The first-order valence-electron chi connectivity index (χ1n) is 7.44. The Morgan fingerprint density at radius 3 is 2.17 bits per heavy atom. The van der Waals surface area contributed by atoms with Crippen LogP contribution in [0.1, 0.15) is 11.1 Å².